The zero-order valence-electron chi connectivity index (χ0n) is 17.0. The predicted molar refractivity (Wildman–Crippen MR) is 121 cm³/mol. The minimum atomic E-state index is -0.397. The Kier molecular flexibility index (Phi) is 6.29. The highest BCUT2D eigenvalue weighted by Crippen LogP contribution is 2.43. The van der Waals surface area contributed by atoms with Crippen LogP contribution in [0.2, 0.25) is 5.02 Å². The summed E-state index contributed by atoms with van der Waals surface area (Å²) in [6.07, 6.45) is 3.88. The van der Waals surface area contributed by atoms with E-state index < -0.39 is 4.92 Å². The van der Waals surface area contributed by atoms with Crippen molar-refractivity contribution >= 4 is 44.9 Å². The van der Waals surface area contributed by atoms with Crippen molar-refractivity contribution in [1.82, 2.24) is 9.88 Å². The Morgan fingerprint density at radius 3 is 2.71 bits per heavy atom. The van der Waals surface area contributed by atoms with Crippen molar-refractivity contribution in [1.29, 1.82) is 0 Å². The lowest BCUT2D eigenvalue weighted by Gasteiger charge is -2.29. The van der Waals surface area contributed by atoms with E-state index in [1.54, 1.807) is 24.1 Å². The first-order chi connectivity index (χ1) is 14.9. The molecule has 1 amide bonds. The molecular weight excluding hydrogens is 486 g/mol. The van der Waals surface area contributed by atoms with Gasteiger partial charge in [0.25, 0.3) is 5.69 Å². The van der Waals surface area contributed by atoms with Gasteiger partial charge >= 0.3 is 6.09 Å². The Morgan fingerprint density at radius 1 is 1.29 bits per heavy atom. The normalized spacial score (nSPS) is 15.8. The van der Waals surface area contributed by atoms with Crippen LogP contribution >= 0.6 is 27.5 Å². The average Bonchev–Trinajstić information content (AvgIpc) is 2.90. The molecule has 0 unspecified atom stereocenters. The summed E-state index contributed by atoms with van der Waals surface area (Å²) < 4.78 is 5.99. The van der Waals surface area contributed by atoms with Crippen LogP contribution in [0.25, 0.3) is 5.57 Å². The molecule has 9 heteroatoms. The fraction of sp³-hybridized carbons (Fsp3) is 0.364. The SMILES string of the molecule is CCOC(=O)N1CCC(=C2c3ccc(Cl)c([N+](=O)[O-])c3CCc3cc(Br)cnc32)CC1. The second kappa shape index (κ2) is 8.96. The number of carbonyl (C=O) groups excluding carboxylic acids is 1. The summed E-state index contributed by atoms with van der Waals surface area (Å²) in [6, 6.07) is 5.48. The zero-order valence-corrected chi connectivity index (χ0v) is 19.3. The van der Waals surface area contributed by atoms with Gasteiger partial charge in [0.1, 0.15) is 5.02 Å². The van der Waals surface area contributed by atoms with E-state index in [-0.39, 0.29) is 16.8 Å². The van der Waals surface area contributed by atoms with Crippen molar-refractivity contribution < 1.29 is 14.5 Å². The van der Waals surface area contributed by atoms with Gasteiger partial charge in [-0.1, -0.05) is 23.2 Å². The monoisotopic (exact) mass is 505 g/mol. The van der Waals surface area contributed by atoms with Crippen molar-refractivity contribution in [3.8, 4) is 0 Å². The molecule has 0 N–H and O–H groups in total. The van der Waals surface area contributed by atoms with Crippen molar-refractivity contribution in [3.63, 3.8) is 0 Å². The highest BCUT2D eigenvalue weighted by molar-refractivity contribution is 9.10. The smallest absolute Gasteiger partial charge is 0.409 e. The second-order valence-electron chi connectivity index (χ2n) is 7.51. The molecule has 7 nitrogen and oxygen atoms in total. The summed E-state index contributed by atoms with van der Waals surface area (Å²) in [4.78, 5) is 29.9. The standard InChI is InChI=1S/C22H21BrClN3O4/c1-2-31-22(28)26-9-7-13(8-10-26)19-16-5-6-18(24)21(27(29)30)17(16)4-3-14-11-15(23)12-25-20(14)19/h5-6,11-12H,2-4,7-10H2,1H3. The molecule has 0 atom stereocenters. The van der Waals surface area contributed by atoms with E-state index in [1.165, 1.54) is 0 Å². The number of benzene rings is 1. The Bertz CT molecular complexity index is 1090. The fourth-order valence-corrected chi connectivity index (χ4v) is 4.98. The van der Waals surface area contributed by atoms with Gasteiger partial charge in [-0.05, 0) is 71.8 Å². The summed E-state index contributed by atoms with van der Waals surface area (Å²) in [5.74, 6) is 0. The van der Waals surface area contributed by atoms with E-state index in [0.29, 0.717) is 50.9 Å². The third-order valence-corrected chi connectivity index (χ3v) is 6.49. The number of halogens is 2. The maximum atomic E-state index is 12.1. The number of nitrogens with zero attached hydrogens (tertiary/aromatic N) is 3. The number of aromatic nitrogens is 1. The number of nitro groups is 1. The average molecular weight is 507 g/mol. The van der Waals surface area contributed by atoms with E-state index in [1.807, 2.05) is 12.1 Å². The zero-order chi connectivity index (χ0) is 22.1. The van der Waals surface area contributed by atoms with Gasteiger partial charge in [0.15, 0.2) is 0 Å². The van der Waals surface area contributed by atoms with E-state index in [2.05, 4.69) is 15.9 Å². The number of hydrogen-bond acceptors (Lipinski definition) is 5. The lowest BCUT2D eigenvalue weighted by atomic mass is 9.88. The Balaban J connectivity index is 1.86. The number of piperidine rings is 1. The number of aryl methyl sites for hydroxylation is 1. The molecule has 0 saturated carbocycles. The van der Waals surface area contributed by atoms with E-state index in [0.717, 1.165) is 32.4 Å². The third kappa shape index (κ3) is 4.19. The van der Waals surface area contributed by atoms with E-state index >= 15 is 0 Å². The number of rotatable bonds is 2. The van der Waals surface area contributed by atoms with Gasteiger partial charge in [-0.15, -0.1) is 0 Å². The molecular formula is C22H21BrClN3O4. The first-order valence-corrected chi connectivity index (χ1v) is 11.3. The lowest BCUT2D eigenvalue weighted by molar-refractivity contribution is -0.385. The first-order valence-electron chi connectivity index (χ1n) is 10.1. The number of amides is 1. The van der Waals surface area contributed by atoms with Crippen molar-refractivity contribution in [2.75, 3.05) is 19.7 Å². The molecule has 31 heavy (non-hydrogen) atoms. The van der Waals surface area contributed by atoms with Crippen LogP contribution in [0.1, 0.15) is 42.1 Å². The van der Waals surface area contributed by atoms with Gasteiger partial charge in [-0.2, -0.15) is 0 Å². The molecule has 1 aromatic heterocycles. The van der Waals surface area contributed by atoms with Crippen LogP contribution in [0.15, 0.2) is 34.4 Å². The Labute approximate surface area is 193 Å². The molecule has 2 heterocycles. The molecule has 1 aliphatic heterocycles. The third-order valence-electron chi connectivity index (χ3n) is 5.75. The highest BCUT2D eigenvalue weighted by atomic mass is 79.9. The fourth-order valence-electron chi connectivity index (χ4n) is 4.36. The number of pyridine rings is 1. The van der Waals surface area contributed by atoms with Gasteiger partial charge < -0.3 is 9.64 Å². The minimum absolute atomic E-state index is 0.0342. The molecule has 0 spiro atoms. The summed E-state index contributed by atoms with van der Waals surface area (Å²) in [6.45, 7) is 3.20. The summed E-state index contributed by atoms with van der Waals surface area (Å²) in [7, 11) is 0. The Hall–Kier alpha value is -2.45. The lowest BCUT2D eigenvalue weighted by Crippen LogP contribution is -2.37. The van der Waals surface area contributed by atoms with Crippen molar-refractivity contribution in [2.45, 2.75) is 32.6 Å². The number of carbonyl (C=O) groups is 1. The first kappa shape index (κ1) is 21.8. The van der Waals surface area contributed by atoms with Crippen LogP contribution in [-0.2, 0) is 17.6 Å². The minimum Gasteiger partial charge on any atom is -0.450 e. The van der Waals surface area contributed by atoms with Gasteiger partial charge in [-0.3, -0.25) is 15.1 Å². The molecule has 1 fully saturated rings. The molecule has 0 radical (unpaired) electrons. The molecule has 1 aromatic carbocycles. The van der Waals surface area contributed by atoms with Crippen LogP contribution in [0.5, 0.6) is 0 Å². The van der Waals surface area contributed by atoms with Crippen LogP contribution in [0.4, 0.5) is 10.5 Å². The number of likely N-dealkylation sites (tertiary alicyclic amines) is 1. The molecule has 1 aliphatic carbocycles. The molecule has 162 valence electrons. The maximum absolute atomic E-state index is 12.1. The van der Waals surface area contributed by atoms with Gasteiger partial charge in [0.05, 0.1) is 17.2 Å². The number of nitro benzene ring substituents is 1. The largest absolute Gasteiger partial charge is 0.450 e. The quantitative estimate of drug-likeness (QED) is 0.393. The summed E-state index contributed by atoms with van der Waals surface area (Å²) in [5.41, 5.74) is 5.36. The maximum Gasteiger partial charge on any atom is 0.409 e. The van der Waals surface area contributed by atoms with Crippen LogP contribution in [0.3, 0.4) is 0 Å². The van der Waals surface area contributed by atoms with Gasteiger partial charge in [0, 0.05) is 34.9 Å². The van der Waals surface area contributed by atoms with Crippen molar-refractivity contribution in [3.05, 3.63) is 72.0 Å². The molecule has 4 rings (SSSR count). The molecule has 2 aliphatic rings. The van der Waals surface area contributed by atoms with Crippen LogP contribution < -0.4 is 0 Å². The van der Waals surface area contributed by atoms with E-state index in [4.69, 9.17) is 21.3 Å². The molecule has 2 aromatic rings. The second-order valence-corrected chi connectivity index (χ2v) is 8.83. The topological polar surface area (TPSA) is 85.6 Å². The van der Waals surface area contributed by atoms with Gasteiger partial charge in [0.2, 0.25) is 0 Å². The van der Waals surface area contributed by atoms with Crippen LogP contribution in [-0.4, -0.2) is 40.6 Å². The highest BCUT2D eigenvalue weighted by Gasteiger charge is 2.31. The predicted octanol–water partition coefficient (Wildman–Crippen LogP) is 5.56. The number of ether oxygens (including phenoxy) is 1. The van der Waals surface area contributed by atoms with E-state index in [9.17, 15) is 14.9 Å². The number of hydrogen-bond donors (Lipinski definition) is 0. The molecule has 1 saturated heterocycles. The molecule has 0 bridgehead atoms. The van der Waals surface area contributed by atoms with Crippen LogP contribution in [0, 0.1) is 10.1 Å². The number of fused-ring (bicyclic) bond motifs is 2. The Morgan fingerprint density at radius 2 is 2.03 bits per heavy atom. The van der Waals surface area contributed by atoms with Crippen molar-refractivity contribution in [2.24, 2.45) is 0 Å². The summed E-state index contributed by atoms with van der Waals surface area (Å²) in [5, 5.41) is 12.0. The van der Waals surface area contributed by atoms with Gasteiger partial charge in [-0.25, -0.2) is 4.79 Å². The summed E-state index contributed by atoms with van der Waals surface area (Å²) >= 11 is 9.71.